The number of likely N-dealkylation sites (tertiary alicyclic amines) is 1. The average molecular weight is 330 g/mol. The summed E-state index contributed by atoms with van der Waals surface area (Å²) in [5.74, 6) is 1.18. The molecule has 6 unspecified atom stereocenters. The molecule has 6 atom stereocenters. The van der Waals surface area contributed by atoms with Crippen LogP contribution in [-0.4, -0.2) is 52.8 Å². The van der Waals surface area contributed by atoms with Crippen molar-refractivity contribution in [3.8, 4) is 0 Å². The number of aliphatic imine (C=N–C) groups is 1. The van der Waals surface area contributed by atoms with Crippen LogP contribution in [0.25, 0.3) is 0 Å². The molecule has 1 saturated heterocycles. The largest absolute Gasteiger partial charge is 0.387 e. The lowest BCUT2D eigenvalue weighted by atomic mass is 9.44. The van der Waals surface area contributed by atoms with E-state index in [2.05, 4.69) is 31.9 Å². The molecule has 132 valence electrons. The van der Waals surface area contributed by atoms with Crippen LogP contribution in [0.5, 0.6) is 0 Å². The maximum atomic E-state index is 11.9. The van der Waals surface area contributed by atoms with Crippen molar-refractivity contribution >= 4 is 11.5 Å². The van der Waals surface area contributed by atoms with E-state index >= 15 is 0 Å². The predicted molar refractivity (Wildman–Crippen MR) is 95.2 cm³/mol. The zero-order valence-corrected chi connectivity index (χ0v) is 15.4. The first-order valence-electron chi connectivity index (χ1n) is 9.46. The lowest BCUT2D eigenvalue weighted by molar-refractivity contribution is -0.219. The summed E-state index contributed by atoms with van der Waals surface area (Å²) in [6, 6.07) is 0.311. The molecule has 2 fully saturated rings. The Hall–Kier alpha value is -1.00. The Morgan fingerprint density at radius 3 is 2.96 bits per heavy atom. The lowest BCUT2D eigenvalue weighted by Gasteiger charge is -2.66. The van der Waals surface area contributed by atoms with Gasteiger partial charge in [-0.3, -0.25) is 4.99 Å². The highest BCUT2D eigenvalue weighted by molar-refractivity contribution is 5.89. The van der Waals surface area contributed by atoms with Gasteiger partial charge in [0.25, 0.3) is 0 Å². The fraction of sp³-hybridized carbons (Fsp3) is 0.800. The van der Waals surface area contributed by atoms with E-state index in [1.807, 2.05) is 0 Å². The quantitative estimate of drug-likeness (QED) is 0.809. The molecule has 1 spiro atoms. The summed E-state index contributed by atoms with van der Waals surface area (Å²) < 4.78 is 0. The van der Waals surface area contributed by atoms with Crippen LogP contribution in [0.4, 0.5) is 0 Å². The van der Waals surface area contributed by atoms with Crippen molar-refractivity contribution in [3.05, 3.63) is 11.6 Å². The average Bonchev–Trinajstić information content (AvgIpc) is 2.81. The number of aliphatic hydroxyl groups is 1. The fourth-order valence-electron chi connectivity index (χ4n) is 6.63. The van der Waals surface area contributed by atoms with Crippen molar-refractivity contribution in [2.75, 3.05) is 13.6 Å². The van der Waals surface area contributed by atoms with E-state index < -0.39 is 5.60 Å². The van der Waals surface area contributed by atoms with Gasteiger partial charge in [0, 0.05) is 29.5 Å². The minimum atomic E-state index is -0.678. The Balaban J connectivity index is 1.81. The molecule has 4 heteroatoms. The molecule has 0 aromatic heterocycles. The fourth-order valence-corrected chi connectivity index (χ4v) is 6.63. The second-order valence-corrected chi connectivity index (χ2v) is 8.76. The predicted octanol–water partition coefficient (Wildman–Crippen LogP) is 2.61. The van der Waals surface area contributed by atoms with Crippen LogP contribution in [0, 0.1) is 17.3 Å². The Labute approximate surface area is 145 Å². The van der Waals surface area contributed by atoms with Gasteiger partial charge in [0.15, 0.2) is 0 Å². The van der Waals surface area contributed by atoms with Crippen LogP contribution >= 0.6 is 0 Å². The number of hydrogen-bond acceptors (Lipinski definition) is 4. The third kappa shape index (κ3) is 1.87. The second kappa shape index (κ2) is 5.25. The summed E-state index contributed by atoms with van der Waals surface area (Å²) in [6.07, 6.45) is 6.39. The number of nitrogens with zero attached hydrogens (tertiary/aromatic N) is 2. The van der Waals surface area contributed by atoms with E-state index in [1.165, 1.54) is 11.3 Å². The molecule has 0 aromatic rings. The molecule has 4 nitrogen and oxygen atoms in total. The zero-order chi connectivity index (χ0) is 17.3. The number of rotatable bonds is 3. The van der Waals surface area contributed by atoms with Crippen molar-refractivity contribution in [1.82, 2.24) is 4.90 Å². The highest BCUT2D eigenvalue weighted by atomic mass is 16.3. The van der Waals surface area contributed by atoms with Gasteiger partial charge in [0.05, 0.1) is 11.6 Å². The third-order valence-corrected chi connectivity index (χ3v) is 7.55. The number of piperidine rings is 1. The monoisotopic (exact) mass is 330 g/mol. The summed E-state index contributed by atoms with van der Waals surface area (Å²) in [4.78, 5) is 19.0. The molecule has 0 amide bonds. The van der Waals surface area contributed by atoms with Crippen LogP contribution in [0.2, 0.25) is 0 Å². The topological polar surface area (TPSA) is 52.9 Å². The van der Waals surface area contributed by atoms with Gasteiger partial charge in [-0.15, -0.1) is 0 Å². The highest BCUT2D eigenvalue weighted by Crippen LogP contribution is 2.66. The lowest BCUT2D eigenvalue weighted by Crippen LogP contribution is -2.75. The molecule has 2 heterocycles. The van der Waals surface area contributed by atoms with E-state index in [0.29, 0.717) is 18.3 Å². The van der Waals surface area contributed by atoms with Crippen molar-refractivity contribution in [2.24, 2.45) is 22.2 Å². The van der Waals surface area contributed by atoms with Crippen LogP contribution in [0.15, 0.2) is 16.6 Å². The molecule has 1 N–H and O–H groups in total. The molecular weight excluding hydrogens is 300 g/mol. The number of carbonyl (C=O) groups excluding carboxylic acids is 1. The standard InChI is InChI=1S/C20H30N2O2/c1-12-11-16-20(24)8-7-15(6-5-13(2)23)18-19(20,9-10-22(16)4)17(12)14(3)21-18/h7,12,16-18,24H,5-6,8-11H2,1-4H3. The number of Topliss-reactive ketones (excluding diaryl/α,β-unsaturated/α-hetero) is 1. The van der Waals surface area contributed by atoms with Crippen molar-refractivity contribution in [2.45, 2.75) is 70.6 Å². The Kier molecular flexibility index (Phi) is 3.60. The SMILES string of the molecule is CC(=O)CCC1=CCC2(O)C3CC(C)C4C(C)=NC1C42CCN3C. The van der Waals surface area contributed by atoms with Crippen LogP contribution in [0.3, 0.4) is 0 Å². The minimum Gasteiger partial charge on any atom is -0.387 e. The van der Waals surface area contributed by atoms with Crippen molar-refractivity contribution in [1.29, 1.82) is 0 Å². The molecular formula is C20H30N2O2. The van der Waals surface area contributed by atoms with Crippen molar-refractivity contribution < 1.29 is 9.90 Å². The van der Waals surface area contributed by atoms with Crippen LogP contribution in [-0.2, 0) is 4.79 Å². The molecule has 0 aromatic carbocycles. The van der Waals surface area contributed by atoms with Crippen LogP contribution in [0.1, 0.15) is 52.9 Å². The first kappa shape index (κ1) is 16.5. The molecule has 4 rings (SSSR count). The maximum Gasteiger partial charge on any atom is 0.130 e. The minimum absolute atomic E-state index is 0.0829. The first-order chi connectivity index (χ1) is 11.3. The van der Waals surface area contributed by atoms with Gasteiger partial charge in [-0.25, -0.2) is 0 Å². The van der Waals surface area contributed by atoms with E-state index in [1.54, 1.807) is 6.92 Å². The molecule has 2 aliphatic heterocycles. The summed E-state index contributed by atoms with van der Waals surface area (Å²) in [6.45, 7) is 7.21. The maximum absolute atomic E-state index is 11.9. The summed E-state index contributed by atoms with van der Waals surface area (Å²) in [7, 11) is 2.16. The van der Waals surface area contributed by atoms with E-state index in [9.17, 15) is 9.90 Å². The molecule has 24 heavy (non-hydrogen) atoms. The zero-order valence-electron chi connectivity index (χ0n) is 15.4. The van der Waals surface area contributed by atoms with Gasteiger partial charge in [-0.1, -0.05) is 13.0 Å². The van der Waals surface area contributed by atoms with Gasteiger partial charge >= 0.3 is 0 Å². The molecule has 1 saturated carbocycles. The van der Waals surface area contributed by atoms with Crippen molar-refractivity contribution in [3.63, 3.8) is 0 Å². The first-order valence-corrected chi connectivity index (χ1v) is 9.46. The number of carbonyl (C=O) groups is 1. The molecule has 2 aliphatic carbocycles. The van der Waals surface area contributed by atoms with Gasteiger partial charge < -0.3 is 14.8 Å². The third-order valence-electron chi connectivity index (χ3n) is 7.55. The highest BCUT2D eigenvalue weighted by Gasteiger charge is 2.72. The van der Waals surface area contributed by atoms with E-state index in [4.69, 9.17) is 4.99 Å². The Morgan fingerprint density at radius 2 is 2.25 bits per heavy atom. The number of hydrogen-bond donors (Lipinski definition) is 1. The number of likely N-dealkylation sites (N-methyl/N-ethyl adjacent to an activating group) is 1. The normalized spacial score (nSPS) is 47.0. The smallest absolute Gasteiger partial charge is 0.130 e. The van der Waals surface area contributed by atoms with E-state index in [-0.39, 0.29) is 23.3 Å². The van der Waals surface area contributed by atoms with Gasteiger partial charge in [0.1, 0.15) is 5.78 Å². The van der Waals surface area contributed by atoms with E-state index in [0.717, 1.165) is 32.2 Å². The number of ketones is 1. The summed E-state index contributed by atoms with van der Waals surface area (Å²) in [5.41, 5.74) is 1.70. The molecule has 2 bridgehead atoms. The second-order valence-electron chi connectivity index (χ2n) is 8.76. The Bertz CT molecular complexity index is 640. The molecule has 0 radical (unpaired) electrons. The van der Waals surface area contributed by atoms with Crippen LogP contribution < -0.4 is 0 Å². The summed E-state index contributed by atoms with van der Waals surface area (Å²) in [5, 5.41) is 11.9. The van der Waals surface area contributed by atoms with Gasteiger partial charge in [-0.05, 0) is 64.6 Å². The van der Waals surface area contributed by atoms with Gasteiger partial charge in [0.2, 0.25) is 0 Å². The van der Waals surface area contributed by atoms with Gasteiger partial charge in [-0.2, -0.15) is 0 Å². The molecule has 4 aliphatic rings. The summed E-state index contributed by atoms with van der Waals surface area (Å²) >= 11 is 0. The Morgan fingerprint density at radius 1 is 1.50 bits per heavy atom.